The molecule has 0 spiro atoms. The molecule has 1 fully saturated rings. The Hall–Kier alpha value is -2.86. The first-order valence-corrected chi connectivity index (χ1v) is 11.5. The molecule has 150 valence electrons. The standard InChI is InChI=1S/C23H23NO4S/c25-20-11-10-17-6-4-5-9-19(17)22(20)23(18-7-2-1-3-8-18)24-21(26)14-16-12-13-29(27,28)15-16/h1-11,16,23,25H,12-15H2,(H,24,26). The molecule has 0 aliphatic carbocycles. The number of rotatable bonds is 5. The zero-order chi connectivity index (χ0) is 20.4. The van der Waals surface area contributed by atoms with Gasteiger partial charge in [0.1, 0.15) is 5.75 Å². The van der Waals surface area contributed by atoms with Gasteiger partial charge in [-0.25, -0.2) is 8.42 Å². The van der Waals surface area contributed by atoms with Crippen LogP contribution in [0.2, 0.25) is 0 Å². The molecule has 4 rings (SSSR count). The number of nitrogens with one attached hydrogen (secondary N) is 1. The first-order valence-electron chi connectivity index (χ1n) is 9.68. The molecular formula is C23H23NO4S. The minimum atomic E-state index is -3.03. The van der Waals surface area contributed by atoms with E-state index in [4.69, 9.17) is 0 Å². The summed E-state index contributed by atoms with van der Waals surface area (Å²) >= 11 is 0. The zero-order valence-corrected chi connectivity index (χ0v) is 16.7. The Morgan fingerprint density at radius 1 is 1.03 bits per heavy atom. The van der Waals surface area contributed by atoms with E-state index in [2.05, 4.69) is 5.32 Å². The first kappa shape index (κ1) is 19.5. The van der Waals surface area contributed by atoms with Gasteiger partial charge in [0.2, 0.25) is 5.91 Å². The lowest BCUT2D eigenvalue weighted by Gasteiger charge is -2.23. The van der Waals surface area contributed by atoms with E-state index < -0.39 is 15.9 Å². The van der Waals surface area contributed by atoms with Crippen molar-refractivity contribution in [3.05, 3.63) is 77.9 Å². The summed E-state index contributed by atoms with van der Waals surface area (Å²) in [6.07, 6.45) is 0.680. The van der Waals surface area contributed by atoms with E-state index in [1.807, 2.05) is 60.7 Å². The fourth-order valence-electron chi connectivity index (χ4n) is 4.07. The highest BCUT2D eigenvalue weighted by Crippen LogP contribution is 2.36. The third-order valence-corrected chi connectivity index (χ3v) is 7.31. The molecule has 3 aromatic carbocycles. The Bertz CT molecular complexity index is 1140. The molecule has 29 heavy (non-hydrogen) atoms. The average molecular weight is 410 g/mol. The van der Waals surface area contributed by atoms with Crippen LogP contribution in [-0.2, 0) is 14.6 Å². The zero-order valence-electron chi connectivity index (χ0n) is 15.9. The largest absolute Gasteiger partial charge is 0.508 e. The molecule has 2 unspecified atom stereocenters. The Labute approximate surface area is 170 Å². The molecule has 1 aliphatic rings. The summed E-state index contributed by atoms with van der Waals surface area (Å²) in [5.41, 5.74) is 1.49. The van der Waals surface area contributed by atoms with Gasteiger partial charge in [-0.2, -0.15) is 0 Å². The summed E-state index contributed by atoms with van der Waals surface area (Å²) in [5, 5.41) is 15.6. The molecule has 5 nitrogen and oxygen atoms in total. The summed E-state index contributed by atoms with van der Waals surface area (Å²) in [4.78, 5) is 12.8. The highest BCUT2D eigenvalue weighted by molar-refractivity contribution is 7.91. The number of fused-ring (bicyclic) bond motifs is 1. The van der Waals surface area contributed by atoms with Gasteiger partial charge in [-0.1, -0.05) is 60.7 Å². The summed E-state index contributed by atoms with van der Waals surface area (Å²) in [6.45, 7) is 0. The molecule has 1 aliphatic heterocycles. The van der Waals surface area contributed by atoms with Crippen molar-refractivity contribution in [1.82, 2.24) is 5.32 Å². The minimum Gasteiger partial charge on any atom is -0.508 e. The Balaban J connectivity index is 1.69. The highest BCUT2D eigenvalue weighted by atomic mass is 32.2. The van der Waals surface area contributed by atoms with Crippen molar-refractivity contribution in [3.8, 4) is 5.75 Å². The van der Waals surface area contributed by atoms with Gasteiger partial charge in [0.15, 0.2) is 9.84 Å². The number of sulfone groups is 1. The topological polar surface area (TPSA) is 83.5 Å². The maximum absolute atomic E-state index is 12.8. The quantitative estimate of drug-likeness (QED) is 0.675. The molecule has 0 bridgehead atoms. The predicted octanol–water partition coefficient (Wildman–Crippen LogP) is 3.58. The molecule has 1 amide bonds. The molecule has 6 heteroatoms. The summed E-state index contributed by atoms with van der Waals surface area (Å²) < 4.78 is 23.4. The number of carbonyl (C=O) groups is 1. The normalized spacial score (nSPS) is 19.1. The van der Waals surface area contributed by atoms with Gasteiger partial charge in [-0.3, -0.25) is 4.79 Å². The van der Waals surface area contributed by atoms with E-state index in [-0.39, 0.29) is 35.5 Å². The summed E-state index contributed by atoms with van der Waals surface area (Å²) in [7, 11) is -3.03. The molecule has 2 atom stereocenters. The summed E-state index contributed by atoms with van der Waals surface area (Å²) in [6, 6.07) is 20.2. The molecule has 1 heterocycles. The molecule has 3 aromatic rings. The van der Waals surface area contributed by atoms with Gasteiger partial charge in [0, 0.05) is 12.0 Å². The average Bonchev–Trinajstić information content (AvgIpc) is 3.05. The Kier molecular flexibility index (Phi) is 5.28. The first-order chi connectivity index (χ1) is 13.9. The highest BCUT2D eigenvalue weighted by Gasteiger charge is 2.30. The van der Waals surface area contributed by atoms with E-state index >= 15 is 0 Å². The lowest BCUT2D eigenvalue weighted by atomic mass is 9.92. The molecular weight excluding hydrogens is 386 g/mol. The molecule has 0 radical (unpaired) electrons. The maximum atomic E-state index is 12.8. The van der Waals surface area contributed by atoms with Crippen LogP contribution < -0.4 is 5.32 Å². The van der Waals surface area contributed by atoms with Crippen molar-refractivity contribution < 1.29 is 18.3 Å². The van der Waals surface area contributed by atoms with Crippen LogP contribution in [0, 0.1) is 5.92 Å². The number of hydrogen-bond acceptors (Lipinski definition) is 4. The van der Waals surface area contributed by atoms with Crippen LogP contribution in [-0.4, -0.2) is 30.9 Å². The van der Waals surface area contributed by atoms with Crippen LogP contribution in [0.25, 0.3) is 10.8 Å². The third-order valence-electron chi connectivity index (χ3n) is 5.48. The van der Waals surface area contributed by atoms with E-state index in [9.17, 15) is 18.3 Å². The van der Waals surface area contributed by atoms with Gasteiger partial charge in [-0.05, 0) is 34.7 Å². The fourth-order valence-corrected chi connectivity index (χ4v) is 5.93. The number of hydrogen-bond donors (Lipinski definition) is 2. The Morgan fingerprint density at radius 2 is 1.76 bits per heavy atom. The van der Waals surface area contributed by atoms with E-state index in [0.29, 0.717) is 12.0 Å². The number of benzene rings is 3. The van der Waals surface area contributed by atoms with Crippen molar-refractivity contribution in [2.75, 3.05) is 11.5 Å². The number of phenolic OH excluding ortho intramolecular Hbond substituents is 1. The van der Waals surface area contributed by atoms with E-state index in [0.717, 1.165) is 16.3 Å². The van der Waals surface area contributed by atoms with Gasteiger partial charge in [0.05, 0.1) is 17.5 Å². The minimum absolute atomic E-state index is 0.0654. The fraction of sp³-hybridized carbons (Fsp3) is 0.261. The van der Waals surface area contributed by atoms with Crippen LogP contribution in [0.4, 0.5) is 0 Å². The van der Waals surface area contributed by atoms with Gasteiger partial charge in [-0.15, -0.1) is 0 Å². The van der Waals surface area contributed by atoms with Gasteiger partial charge in [0.25, 0.3) is 0 Å². The maximum Gasteiger partial charge on any atom is 0.221 e. The SMILES string of the molecule is O=C(CC1CCS(=O)(=O)C1)NC(c1ccccc1)c1c(O)ccc2ccccc12. The van der Waals surface area contributed by atoms with Crippen molar-refractivity contribution >= 4 is 26.5 Å². The van der Waals surface area contributed by atoms with Crippen LogP contribution in [0.15, 0.2) is 66.7 Å². The predicted molar refractivity (Wildman–Crippen MR) is 113 cm³/mol. The Morgan fingerprint density at radius 3 is 2.48 bits per heavy atom. The van der Waals surface area contributed by atoms with Crippen LogP contribution in [0.1, 0.15) is 30.0 Å². The van der Waals surface area contributed by atoms with Crippen LogP contribution in [0.5, 0.6) is 5.75 Å². The lowest BCUT2D eigenvalue weighted by molar-refractivity contribution is -0.122. The number of aromatic hydroxyl groups is 1. The van der Waals surface area contributed by atoms with E-state index in [1.54, 1.807) is 6.07 Å². The lowest BCUT2D eigenvalue weighted by Crippen LogP contribution is -2.31. The second-order valence-corrected chi connectivity index (χ2v) is 9.83. The smallest absolute Gasteiger partial charge is 0.221 e. The van der Waals surface area contributed by atoms with Crippen molar-refractivity contribution in [2.24, 2.45) is 5.92 Å². The molecule has 0 aromatic heterocycles. The van der Waals surface area contributed by atoms with Crippen molar-refractivity contribution in [2.45, 2.75) is 18.9 Å². The van der Waals surface area contributed by atoms with Crippen LogP contribution >= 0.6 is 0 Å². The van der Waals surface area contributed by atoms with Crippen molar-refractivity contribution in [1.29, 1.82) is 0 Å². The molecule has 2 N–H and O–H groups in total. The number of phenols is 1. The summed E-state index contributed by atoms with van der Waals surface area (Å²) in [5.74, 6) is -0.0419. The second kappa shape index (κ2) is 7.87. The van der Waals surface area contributed by atoms with Crippen molar-refractivity contribution in [3.63, 3.8) is 0 Å². The third kappa shape index (κ3) is 4.27. The van der Waals surface area contributed by atoms with E-state index in [1.165, 1.54) is 0 Å². The number of amides is 1. The van der Waals surface area contributed by atoms with Gasteiger partial charge < -0.3 is 10.4 Å². The number of carbonyl (C=O) groups excluding carboxylic acids is 1. The van der Waals surface area contributed by atoms with Gasteiger partial charge >= 0.3 is 0 Å². The second-order valence-electron chi connectivity index (χ2n) is 7.60. The molecule has 1 saturated heterocycles. The van der Waals surface area contributed by atoms with Crippen LogP contribution in [0.3, 0.4) is 0 Å². The molecule has 0 saturated carbocycles. The monoisotopic (exact) mass is 409 g/mol.